The summed E-state index contributed by atoms with van der Waals surface area (Å²) in [6, 6.07) is 7.20. The average molecular weight is 247 g/mol. The largest absolute Gasteiger partial charge is 0.492 e. The Balaban J connectivity index is 2.07. The van der Waals surface area contributed by atoms with Crippen molar-refractivity contribution < 1.29 is 14.6 Å². The highest BCUT2D eigenvalue weighted by atomic mass is 16.5. The Kier molecular flexibility index (Phi) is 3.47. The number of carbonyl (C=O) groups is 1. The highest BCUT2D eigenvalue weighted by molar-refractivity contribution is 5.90. The van der Waals surface area contributed by atoms with Gasteiger partial charge in [0.05, 0.1) is 17.7 Å². The van der Waals surface area contributed by atoms with E-state index in [9.17, 15) is 4.79 Å². The smallest absolute Gasteiger partial charge is 0.404 e. The fourth-order valence-electron chi connectivity index (χ4n) is 1.60. The van der Waals surface area contributed by atoms with Crippen LogP contribution >= 0.6 is 0 Å². The summed E-state index contributed by atoms with van der Waals surface area (Å²) in [6.45, 7) is 0.470. The zero-order chi connectivity index (χ0) is 13.0. The summed E-state index contributed by atoms with van der Waals surface area (Å²) in [7, 11) is 0. The third-order valence-electron chi connectivity index (χ3n) is 2.35. The topological polar surface area (TPSA) is 97.5 Å². The minimum absolute atomic E-state index is 0.223. The number of hydrogen-bond donors (Lipinski definition) is 3. The van der Waals surface area contributed by atoms with Crippen LogP contribution in [0.5, 0.6) is 5.75 Å². The van der Waals surface area contributed by atoms with E-state index in [4.69, 9.17) is 15.6 Å². The van der Waals surface area contributed by atoms with Crippen LogP contribution in [-0.2, 0) is 0 Å². The van der Waals surface area contributed by atoms with Gasteiger partial charge in [0.15, 0.2) is 0 Å². The van der Waals surface area contributed by atoms with Crippen LogP contribution in [0.2, 0.25) is 0 Å². The van der Waals surface area contributed by atoms with Crippen molar-refractivity contribution in [1.29, 1.82) is 0 Å². The highest BCUT2D eigenvalue weighted by Gasteiger charge is 2.03. The Morgan fingerprint density at radius 1 is 1.50 bits per heavy atom. The highest BCUT2D eigenvalue weighted by Crippen LogP contribution is 2.25. The SMILES string of the molecule is Nc1cc(OCCNC(=O)O)cc2cccnc12. The molecule has 0 aliphatic carbocycles. The summed E-state index contributed by atoms with van der Waals surface area (Å²) >= 11 is 0. The number of hydrogen-bond acceptors (Lipinski definition) is 4. The third kappa shape index (κ3) is 2.79. The zero-order valence-corrected chi connectivity index (χ0v) is 9.59. The van der Waals surface area contributed by atoms with Gasteiger partial charge in [0, 0.05) is 17.6 Å². The second-order valence-corrected chi connectivity index (χ2v) is 3.67. The van der Waals surface area contributed by atoms with Gasteiger partial charge in [-0.15, -0.1) is 0 Å². The minimum Gasteiger partial charge on any atom is -0.492 e. The molecule has 0 spiro atoms. The quantitative estimate of drug-likeness (QED) is 0.561. The van der Waals surface area contributed by atoms with E-state index in [0.717, 1.165) is 10.9 Å². The Hall–Kier alpha value is -2.50. The van der Waals surface area contributed by atoms with E-state index in [1.165, 1.54) is 0 Å². The summed E-state index contributed by atoms with van der Waals surface area (Å²) in [5, 5.41) is 11.5. The molecule has 0 fully saturated rings. The van der Waals surface area contributed by atoms with Gasteiger partial charge in [0.1, 0.15) is 12.4 Å². The van der Waals surface area contributed by atoms with Crippen LogP contribution in [-0.4, -0.2) is 29.3 Å². The van der Waals surface area contributed by atoms with Crippen LogP contribution < -0.4 is 15.8 Å². The third-order valence-corrected chi connectivity index (χ3v) is 2.35. The molecule has 1 aromatic heterocycles. The fourth-order valence-corrected chi connectivity index (χ4v) is 1.60. The maximum atomic E-state index is 10.2. The summed E-state index contributed by atoms with van der Waals surface area (Å²) < 4.78 is 5.41. The first-order valence-corrected chi connectivity index (χ1v) is 5.40. The first-order valence-electron chi connectivity index (χ1n) is 5.40. The van der Waals surface area contributed by atoms with Crippen molar-refractivity contribution in [2.75, 3.05) is 18.9 Å². The molecule has 0 atom stereocenters. The molecule has 6 nitrogen and oxygen atoms in total. The number of anilines is 1. The first kappa shape index (κ1) is 12.0. The van der Waals surface area contributed by atoms with Gasteiger partial charge >= 0.3 is 6.09 Å². The summed E-state index contributed by atoms with van der Waals surface area (Å²) in [5.41, 5.74) is 7.12. The van der Waals surface area contributed by atoms with Crippen molar-refractivity contribution in [2.24, 2.45) is 0 Å². The fraction of sp³-hybridized carbons (Fsp3) is 0.167. The predicted octanol–water partition coefficient (Wildman–Crippen LogP) is 1.46. The maximum Gasteiger partial charge on any atom is 0.404 e. The van der Waals surface area contributed by atoms with Gasteiger partial charge in [-0.05, 0) is 12.1 Å². The minimum atomic E-state index is -1.07. The van der Waals surface area contributed by atoms with E-state index in [2.05, 4.69) is 10.3 Å². The van der Waals surface area contributed by atoms with Crippen LogP contribution in [0.3, 0.4) is 0 Å². The zero-order valence-electron chi connectivity index (χ0n) is 9.59. The Morgan fingerprint density at radius 3 is 3.11 bits per heavy atom. The lowest BCUT2D eigenvalue weighted by molar-refractivity contribution is 0.191. The summed E-state index contributed by atoms with van der Waals surface area (Å²) in [4.78, 5) is 14.4. The molecule has 94 valence electrons. The number of benzene rings is 1. The van der Waals surface area contributed by atoms with E-state index in [0.29, 0.717) is 11.4 Å². The van der Waals surface area contributed by atoms with E-state index < -0.39 is 6.09 Å². The van der Waals surface area contributed by atoms with Crippen molar-refractivity contribution in [3.05, 3.63) is 30.5 Å². The predicted molar refractivity (Wildman–Crippen MR) is 67.7 cm³/mol. The van der Waals surface area contributed by atoms with E-state index in [1.807, 2.05) is 18.2 Å². The van der Waals surface area contributed by atoms with Gasteiger partial charge in [-0.25, -0.2) is 4.79 Å². The molecular formula is C12H13N3O3. The van der Waals surface area contributed by atoms with E-state index >= 15 is 0 Å². The van der Waals surface area contributed by atoms with E-state index in [1.54, 1.807) is 12.3 Å². The molecule has 2 aromatic rings. The lowest BCUT2D eigenvalue weighted by Gasteiger charge is -2.08. The monoisotopic (exact) mass is 247 g/mol. The van der Waals surface area contributed by atoms with Crippen molar-refractivity contribution >= 4 is 22.7 Å². The summed E-state index contributed by atoms with van der Waals surface area (Å²) in [5.74, 6) is 0.597. The van der Waals surface area contributed by atoms with E-state index in [-0.39, 0.29) is 13.2 Å². The molecule has 0 bridgehead atoms. The Labute approximate surface area is 103 Å². The Bertz CT molecular complexity index is 571. The maximum absolute atomic E-state index is 10.2. The second kappa shape index (κ2) is 5.22. The molecule has 1 heterocycles. The molecule has 0 saturated heterocycles. The standard InChI is InChI=1S/C12H13N3O3/c13-10-7-9(18-5-4-15-12(16)17)6-8-2-1-3-14-11(8)10/h1-3,6-7,15H,4-5,13H2,(H,16,17). The molecule has 2 rings (SSSR count). The number of rotatable bonds is 4. The van der Waals surface area contributed by atoms with Gasteiger partial charge < -0.3 is 20.9 Å². The average Bonchev–Trinajstić information content (AvgIpc) is 2.35. The van der Waals surface area contributed by atoms with Crippen LogP contribution in [0.15, 0.2) is 30.5 Å². The number of pyridine rings is 1. The molecule has 18 heavy (non-hydrogen) atoms. The number of nitrogens with zero attached hydrogens (tertiary/aromatic N) is 1. The number of nitrogen functional groups attached to an aromatic ring is 1. The molecular weight excluding hydrogens is 234 g/mol. The lowest BCUT2D eigenvalue weighted by Crippen LogP contribution is -2.26. The Morgan fingerprint density at radius 2 is 2.33 bits per heavy atom. The number of nitrogens with two attached hydrogens (primary N) is 1. The van der Waals surface area contributed by atoms with Crippen molar-refractivity contribution in [3.63, 3.8) is 0 Å². The first-order chi connectivity index (χ1) is 8.66. The number of carboxylic acid groups (broad SMARTS) is 1. The van der Waals surface area contributed by atoms with Crippen molar-refractivity contribution in [3.8, 4) is 5.75 Å². The molecule has 0 unspecified atom stereocenters. The molecule has 0 saturated carbocycles. The molecule has 0 aliphatic rings. The number of fused-ring (bicyclic) bond motifs is 1. The van der Waals surface area contributed by atoms with Crippen LogP contribution in [0.1, 0.15) is 0 Å². The van der Waals surface area contributed by atoms with Crippen LogP contribution in [0.4, 0.5) is 10.5 Å². The lowest BCUT2D eigenvalue weighted by atomic mass is 10.2. The number of aromatic nitrogens is 1. The number of nitrogens with one attached hydrogen (secondary N) is 1. The van der Waals surface area contributed by atoms with Gasteiger partial charge in [0.25, 0.3) is 0 Å². The molecule has 4 N–H and O–H groups in total. The normalized spacial score (nSPS) is 10.2. The summed E-state index contributed by atoms with van der Waals surface area (Å²) in [6.07, 6.45) is 0.608. The van der Waals surface area contributed by atoms with Crippen molar-refractivity contribution in [1.82, 2.24) is 10.3 Å². The molecule has 1 amide bonds. The van der Waals surface area contributed by atoms with Gasteiger partial charge in [-0.3, -0.25) is 4.98 Å². The number of ether oxygens (including phenoxy) is 1. The van der Waals surface area contributed by atoms with Gasteiger partial charge in [-0.1, -0.05) is 6.07 Å². The molecule has 6 heteroatoms. The molecule has 1 aromatic carbocycles. The molecule has 0 aliphatic heterocycles. The van der Waals surface area contributed by atoms with Gasteiger partial charge in [-0.2, -0.15) is 0 Å². The van der Waals surface area contributed by atoms with Crippen LogP contribution in [0.25, 0.3) is 10.9 Å². The van der Waals surface area contributed by atoms with Crippen LogP contribution in [0, 0.1) is 0 Å². The molecule has 0 radical (unpaired) electrons. The van der Waals surface area contributed by atoms with Gasteiger partial charge in [0.2, 0.25) is 0 Å². The second-order valence-electron chi connectivity index (χ2n) is 3.67. The number of amides is 1. The van der Waals surface area contributed by atoms with Crippen molar-refractivity contribution in [2.45, 2.75) is 0 Å².